The summed E-state index contributed by atoms with van der Waals surface area (Å²) in [6.45, 7) is 0.774. The van der Waals surface area contributed by atoms with Gasteiger partial charge in [0, 0.05) is 6.20 Å². The maximum Gasteiger partial charge on any atom is 0.128 e. The Hall–Kier alpha value is -1.65. The summed E-state index contributed by atoms with van der Waals surface area (Å²) in [4.78, 5) is 5.95. The van der Waals surface area contributed by atoms with Crippen LogP contribution >= 0.6 is 11.3 Å². The van der Waals surface area contributed by atoms with Gasteiger partial charge in [-0.2, -0.15) is 0 Å². The molecule has 0 bridgehead atoms. The molecule has 3 aromatic rings. The molecule has 0 unspecified atom stereocenters. The highest BCUT2D eigenvalue weighted by Gasteiger charge is 2.11. The Morgan fingerprint density at radius 3 is 3.00 bits per heavy atom. The minimum atomic E-state index is 0.774. The number of nitrogens with one attached hydrogen (secondary N) is 1. The molecule has 17 heavy (non-hydrogen) atoms. The zero-order valence-corrected chi connectivity index (χ0v) is 10.4. The third-order valence-electron chi connectivity index (χ3n) is 2.71. The van der Waals surface area contributed by atoms with Crippen molar-refractivity contribution in [2.45, 2.75) is 6.54 Å². The molecule has 3 rings (SSSR count). The van der Waals surface area contributed by atoms with Crippen molar-refractivity contribution in [2.24, 2.45) is 0 Å². The van der Waals surface area contributed by atoms with Crippen LogP contribution in [0.5, 0.6) is 0 Å². The highest BCUT2D eigenvalue weighted by molar-refractivity contribution is 7.13. The molecule has 86 valence electrons. The van der Waals surface area contributed by atoms with Gasteiger partial charge in [-0.3, -0.25) is 0 Å². The van der Waals surface area contributed by atoms with Crippen molar-refractivity contribution >= 4 is 16.9 Å². The Balaban J connectivity index is 2.25. The Morgan fingerprint density at radius 2 is 2.24 bits per heavy atom. The number of aromatic nitrogens is 2. The molecule has 0 amide bonds. The van der Waals surface area contributed by atoms with Crippen LogP contribution in [0.4, 0.5) is 0 Å². The van der Waals surface area contributed by atoms with Crippen LogP contribution in [-0.2, 0) is 6.54 Å². The van der Waals surface area contributed by atoms with Gasteiger partial charge in [0.25, 0.3) is 0 Å². The maximum atomic E-state index is 4.73. The van der Waals surface area contributed by atoms with E-state index in [-0.39, 0.29) is 0 Å². The van der Waals surface area contributed by atoms with Crippen molar-refractivity contribution in [1.82, 2.24) is 14.7 Å². The van der Waals surface area contributed by atoms with Crippen molar-refractivity contribution in [3.8, 4) is 10.6 Å². The Bertz CT molecular complexity index is 625. The number of rotatable bonds is 3. The van der Waals surface area contributed by atoms with E-state index in [0.29, 0.717) is 0 Å². The van der Waals surface area contributed by atoms with E-state index in [1.165, 1.54) is 10.4 Å². The Labute approximate surface area is 104 Å². The first-order valence-corrected chi connectivity index (χ1v) is 6.42. The highest BCUT2D eigenvalue weighted by Crippen LogP contribution is 2.28. The fourth-order valence-corrected chi connectivity index (χ4v) is 2.70. The molecule has 0 aliphatic rings. The standard InChI is InChI=1S/C13H13N3S/c1-14-9-12-15-13(11-6-4-8-17-11)10-5-2-3-7-16(10)12/h2-8,14H,9H2,1H3. The average Bonchev–Trinajstić information content (AvgIpc) is 2.97. The molecule has 0 saturated carbocycles. The molecule has 0 spiro atoms. The predicted molar refractivity (Wildman–Crippen MR) is 71.3 cm³/mol. The van der Waals surface area contributed by atoms with Gasteiger partial charge in [0.15, 0.2) is 0 Å². The molecular formula is C13H13N3S. The monoisotopic (exact) mass is 243 g/mol. The Morgan fingerprint density at radius 1 is 1.29 bits per heavy atom. The first-order valence-electron chi connectivity index (χ1n) is 5.54. The second-order valence-corrected chi connectivity index (χ2v) is 4.79. The number of imidazole rings is 1. The van der Waals surface area contributed by atoms with E-state index < -0.39 is 0 Å². The van der Waals surface area contributed by atoms with Crippen LogP contribution in [0.2, 0.25) is 0 Å². The lowest BCUT2D eigenvalue weighted by atomic mass is 10.3. The molecule has 3 nitrogen and oxygen atoms in total. The van der Waals surface area contributed by atoms with Crippen LogP contribution in [0.1, 0.15) is 5.82 Å². The predicted octanol–water partition coefficient (Wildman–Crippen LogP) is 2.78. The van der Waals surface area contributed by atoms with Crippen LogP contribution < -0.4 is 5.32 Å². The van der Waals surface area contributed by atoms with Crippen LogP contribution in [0.25, 0.3) is 16.1 Å². The lowest BCUT2D eigenvalue weighted by Crippen LogP contribution is -2.08. The van der Waals surface area contributed by atoms with Crippen molar-refractivity contribution in [3.05, 3.63) is 47.7 Å². The number of hydrogen-bond acceptors (Lipinski definition) is 3. The van der Waals surface area contributed by atoms with E-state index in [1.54, 1.807) is 11.3 Å². The summed E-state index contributed by atoms with van der Waals surface area (Å²) in [5.74, 6) is 1.05. The highest BCUT2D eigenvalue weighted by atomic mass is 32.1. The van der Waals surface area contributed by atoms with E-state index in [0.717, 1.165) is 18.1 Å². The molecule has 0 aliphatic heterocycles. The molecule has 0 radical (unpaired) electrons. The minimum absolute atomic E-state index is 0.774. The van der Waals surface area contributed by atoms with E-state index in [1.807, 2.05) is 13.1 Å². The molecule has 1 N–H and O–H groups in total. The lowest BCUT2D eigenvalue weighted by molar-refractivity contribution is 0.756. The van der Waals surface area contributed by atoms with E-state index in [9.17, 15) is 0 Å². The van der Waals surface area contributed by atoms with Gasteiger partial charge in [0.05, 0.1) is 16.9 Å². The summed E-state index contributed by atoms with van der Waals surface area (Å²) in [5.41, 5.74) is 2.24. The van der Waals surface area contributed by atoms with Gasteiger partial charge in [-0.25, -0.2) is 4.98 Å². The molecule has 0 saturated heterocycles. The van der Waals surface area contributed by atoms with Gasteiger partial charge in [-0.1, -0.05) is 12.1 Å². The summed E-state index contributed by atoms with van der Waals surface area (Å²) in [7, 11) is 1.94. The Kier molecular flexibility index (Phi) is 2.66. The van der Waals surface area contributed by atoms with Gasteiger partial charge in [0.2, 0.25) is 0 Å². The van der Waals surface area contributed by atoms with E-state index >= 15 is 0 Å². The first-order chi connectivity index (χ1) is 8.40. The van der Waals surface area contributed by atoms with Crippen molar-refractivity contribution in [3.63, 3.8) is 0 Å². The summed E-state index contributed by atoms with van der Waals surface area (Å²) in [6.07, 6.45) is 2.06. The van der Waals surface area contributed by atoms with Crippen LogP contribution in [0.3, 0.4) is 0 Å². The first kappa shape index (κ1) is 10.5. The van der Waals surface area contributed by atoms with Crippen molar-refractivity contribution in [1.29, 1.82) is 0 Å². The van der Waals surface area contributed by atoms with Crippen LogP contribution in [-0.4, -0.2) is 16.4 Å². The minimum Gasteiger partial charge on any atom is -0.313 e. The fourth-order valence-electron chi connectivity index (χ4n) is 1.98. The topological polar surface area (TPSA) is 29.3 Å². The quantitative estimate of drug-likeness (QED) is 0.766. The summed E-state index contributed by atoms with van der Waals surface area (Å²) in [6, 6.07) is 10.4. The summed E-state index contributed by atoms with van der Waals surface area (Å²) in [5, 5.41) is 5.24. The third kappa shape index (κ3) is 1.75. The molecule has 3 aromatic heterocycles. The van der Waals surface area contributed by atoms with Gasteiger partial charge in [-0.05, 0) is 30.6 Å². The number of pyridine rings is 1. The molecule has 4 heteroatoms. The zero-order chi connectivity index (χ0) is 11.7. The van der Waals surface area contributed by atoms with E-state index in [4.69, 9.17) is 4.98 Å². The molecule has 0 aliphatic carbocycles. The molecule has 0 fully saturated rings. The zero-order valence-electron chi connectivity index (χ0n) is 9.55. The van der Waals surface area contributed by atoms with Crippen molar-refractivity contribution < 1.29 is 0 Å². The van der Waals surface area contributed by atoms with Gasteiger partial charge in [0.1, 0.15) is 11.5 Å². The maximum absolute atomic E-state index is 4.73. The summed E-state index contributed by atoms with van der Waals surface area (Å²) >= 11 is 1.73. The number of hydrogen-bond donors (Lipinski definition) is 1. The second-order valence-electron chi connectivity index (χ2n) is 3.84. The summed E-state index contributed by atoms with van der Waals surface area (Å²) < 4.78 is 2.14. The largest absolute Gasteiger partial charge is 0.313 e. The lowest BCUT2D eigenvalue weighted by Gasteiger charge is -1.98. The number of nitrogens with zero attached hydrogens (tertiary/aromatic N) is 2. The molecular weight excluding hydrogens is 230 g/mol. The van der Waals surface area contributed by atoms with Gasteiger partial charge >= 0.3 is 0 Å². The molecule has 0 atom stereocenters. The van der Waals surface area contributed by atoms with Crippen LogP contribution in [0, 0.1) is 0 Å². The number of fused-ring (bicyclic) bond motifs is 1. The third-order valence-corrected chi connectivity index (χ3v) is 3.59. The number of thiophene rings is 1. The van der Waals surface area contributed by atoms with Gasteiger partial charge < -0.3 is 9.72 Å². The molecule has 3 heterocycles. The normalized spacial score (nSPS) is 11.1. The van der Waals surface area contributed by atoms with E-state index in [2.05, 4.69) is 45.6 Å². The van der Waals surface area contributed by atoms with Gasteiger partial charge in [-0.15, -0.1) is 11.3 Å². The average molecular weight is 243 g/mol. The second kappa shape index (κ2) is 4.31. The van der Waals surface area contributed by atoms with Crippen LogP contribution in [0.15, 0.2) is 41.9 Å². The SMILES string of the molecule is CNCc1nc(-c2cccs2)c2ccccn12. The van der Waals surface area contributed by atoms with Crippen molar-refractivity contribution in [2.75, 3.05) is 7.05 Å². The fraction of sp³-hybridized carbons (Fsp3) is 0.154. The smallest absolute Gasteiger partial charge is 0.128 e. The molecule has 0 aromatic carbocycles.